The van der Waals surface area contributed by atoms with E-state index in [9.17, 15) is 4.79 Å². The van der Waals surface area contributed by atoms with Crippen LogP contribution in [0.1, 0.15) is 21.5 Å². The fourth-order valence-corrected chi connectivity index (χ4v) is 1.43. The van der Waals surface area contributed by atoms with Gasteiger partial charge in [0.15, 0.2) is 5.78 Å². The topological polar surface area (TPSA) is 50.2 Å². The Morgan fingerprint density at radius 3 is 2.44 bits per heavy atom. The van der Waals surface area contributed by atoms with Crippen LogP contribution in [0.5, 0.6) is 0 Å². The molecule has 1 aromatic carbocycles. The predicted octanol–water partition coefficient (Wildman–Crippen LogP) is 1.80. The molecule has 16 heavy (non-hydrogen) atoms. The highest BCUT2D eigenvalue weighted by molar-refractivity contribution is 6.08. The van der Waals surface area contributed by atoms with E-state index >= 15 is 0 Å². The molecule has 1 heterocycles. The molecule has 0 aliphatic heterocycles. The van der Waals surface area contributed by atoms with Crippen molar-refractivity contribution in [2.75, 3.05) is 0 Å². The number of ketones is 1. The van der Waals surface area contributed by atoms with Crippen molar-refractivity contribution in [1.82, 2.24) is 4.98 Å². The van der Waals surface area contributed by atoms with Crippen LogP contribution in [-0.4, -0.2) is 15.9 Å². The third kappa shape index (κ3) is 2.15. The van der Waals surface area contributed by atoms with Crippen molar-refractivity contribution >= 4 is 5.78 Å². The molecule has 0 unspecified atom stereocenters. The minimum Gasteiger partial charge on any atom is -0.392 e. The van der Waals surface area contributed by atoms with Crippen LogP contribution < -0.4 is 0 Å². The molecule has 0 aliphatic rings. The van der Waals surface area contributed by atoms with Gasteiger partial charge in [-0.25, -0.2) is 0 Å². The van der Waals surface area contributed by atoms with Crippen molar-refractivity contribution in [2.45, 2.75) is 6.61 Å². The maximum Gasteiger partial charge on any atom is 0.194 e. The zero-order chi connectivity index (χ0) is 11.4. The van der Waals surface area contributed by atoms with E-state index in [-0.39, 0.29) is 12.4 Å². The van der Waals surface area contributed by atoms with Gasteiger partial charge in [-0.15, -0.1) is 0 Å². The largest absolute Gasteiger partial charge is 0.392 e. The number of aromatic nitrogens is 1. The average molecular weight is 213 g/mol. The molecule has 3 heteroatoms. The Labute approximate surface area is 93.4 Å². The Balaban J connectivity index is 2.28. The molecular weight excluding hydrogens is 202 g/mol. The van der Waals surface area contributed by atoms with Crippen molar-refractivity contribution in [3.05, 3.63) is 65.5 Å². The Kier molecular flexibility index (Phi) is 3.08. The van der Waals surface area contributed by atoms with Gasteiger partial charge >= 0.3 is 0 Å². The van der Waals surface area contributed by atoms with Gasteiger partial charge in [-0.2, -0.15) is 0 Å². The van der Waals surface area contributed by atoms with Crippen LogP contribution in [0.2, 0.25) is 0 Å². The first-order valence-corrected chi connectivity index (χ1v) is 4.96. The van der Waals surface area contributed by atoms with Crippen LogP contribution in [0.25, 0.3) is 0 Å². The summed E-state index contributed by atoms with van der Waals surface area (Å²) in [6.07, 6.45) is 3.17. The van der Waals surface area contributed by atoms with E-state index < -0.39 is 0 Å². The summed E-state index contributed by atoms with van der Waals surface area (Å²) >= 11 is 0. The molecule has 1 aromatic heterocycles. The van der Waals surface area contributed by atoms with Gasteiger partial charge in [0.25, 0.3) is 0 Å². The molecule has 0 radical (unpaired) electrons. The van der Waals surface area contributed by atoms with Crippen LogP contribution in [-0.2, 0) is 6.61 Å². The molecule has 2 aromatic rings. The molecule has 0 spiro atoms. The SMILES string of the molecule is O=C(c1ccc(CO)cc1)c1cccnc1. The monoisotopic (exact) mass is 213 g/mol. The van der Waals surface area contributed by atoms with E-state index in [1.165, 1.54) is 0 Å². The molecule has 0 bridgehead atoms. The number of rotatable bonds is 3. The molecule has 80 valence electrons. The third-order valence-electron chi connectivity index (χ3n) is 2.32. The number of carbonyl (C=O) groups is 1. The lowest BCUT2D eigenvalue weighted by atomic mass is 10.0. The molecule has 0 aliphatic carbocycles. The number of nitrogens with zero attached hydrogens (tertiary/aromatic N) is 1. The number of benzene rings is 1. The third-order valence-corrected chi connectivity index (χ3v) is 2.32. The van der Waals surface area contributed by atoms with Crippen LogP contribution in [0.4, 0.5) is 0 Å². The van der Waals surface area contributed by atoms with Crippen molar-refractivity contribution in [1.29, 1.82) is 0 Å². The number of aliphatic hydroxyl groups excluding tert-OH is 1. The number of hydrogen-bond acceptors (Lipinski definition) is 3. The highest BCUT2D eigenvalue weighted by atomic mass is 16.3. The molecule has 0 saturated carbocycles. The maximum absolute atomic E-state index is 11.9. The number of carbonyl (C=O) groups excluding carboxylic acids is 1. The van der Waals surface area contributed by atoms with Gasteiger partial charge < -0.3 is 5.11 Å². The van der Waals surface area contributed by atoms with Crippen molar-refractivity contribution in [3.63, 3.8) is 0 Å². The van der Waals surface area contributed by atoms with Crippen LogP contribution >= 0.6 is 0 Å². The fourth-order valence-electron chi connectivity index (χ4n) is 1.43. The summed E-state index contributed by atoms with van der Waals surface area (Å²) in [6.45, 7) is -0.0125. The number of hydrogen-bond donors (Lipinski definition) is 1. The van der Waals surface area contributed by atoms with Crippen molar-refractivity contribution < 1.29 is 9.90 Å². The van der Waals surface area contributed by atoms with Crippen molar-refractivity contribution in [2.24, 2.45) is 0 Å². The zero-order valence-corrected chi connectivity index (χ0v) is 8.63. The fraction of sp³-hybridized carbons (Fsp3) is 0.0769. The standard InChI is InChI=1S/C13H11NO2/c15-9-10-3-5-11(6-4-10)13(16)12-2-1-7-14-8-12/h1-8,15H,9H2. The quantitative estimate of drug-likeness (QED) is 0.791. The van der Waals surface area contributed by atoms with Gasteiger partial charge in [-0.05, 0) is 17.7 Å². The lowest BCUT2D eigenvalue weighted by Crippen LogP contribution is -2.01. The summed E-state index contributed by atoms with van der Waals surface area (Å²) in [7, 11) is 0. The Hall–Kier alpha value is -2.00. The van der Waals surface area contributed by atoms with Gasteiger partial charge in [0.1, 0.15) is 0 Å². The van der Waals surface area contributed by atoms with Gasteiger partial charge in [0.05, 0.1) is 6.61 Å². The molecular formula is C13H11NO2. The molecule has 0 amide bonds. The normalized spacial score (nSPS) is 10.1. The van der Waals surface area contributed by atoms with E-state index in [0.717, 1.165) is 5.56 Å². The summed E-state index contributed by atoms with van der Waals surface area (Å²) in [5.74, 6) is -0.0578. The Bertz CT molecular complexity index is 477. The second kappa shape index (κ2) is 4.68. The molecule has 0 atom stereocenters. The first kappa shape index (κ1) is 10.5. The smallest absolute Gasteiger partial charge is 0.194 e. The first-order valence-electron chi connectivity index (χ1n) is 4.96. The van der Waals surface area contributed by atoms with Crippen LogP contribution in [0, 0.1) is 0 Å². The summed E-state index contributed by atoms with van der Waals surface area (Å²) < 4.78 is 0. The van der Waals surface area contributed by atoms with Crippen LogP contribution in [0.15, 0.2) is 48.8 Å². The van der Waals surface area contributed by atoms with Gasteiger partial charge in [-0.1, -0.05) is 24.3 Å². The second-order valence-corrected chi connectivity index (χ2v) is 3.43. The van der Waals surface area contributed by atoms with Crippen LogP contribution in [0.3, 0.4) is 0 Å². The summed E-state index contributed by atoms with van der Waals surface area (Å²) in [5.41, 5.74) is 1.96. The molecule has 1 N–H and O–H groups in total. The second-order valence-electron chi connectivity index (χ2n) is 3.43. The minimum absolute atomic E-state index is 0.0125. The van der Waals surface area contributed by atoms with Gasteiger partial charge in [-0.3, -0.25) is 9.78 Å². The lowest BCUT2D eigenvalue weighted by Gasteiger charge is -2.01. The van der Waals surface area contributed by atoms with E-state index in [1.807, 2.05) is 0 Å². The molecule has 0 saturated heterocycles. The minimum atomic E-state index is -0.0578. The van der Waals surface area contributed by atoms with Crippen molar-refractivity contribution in [3.8, 4) is 0 Å². The van der Waals surface area contributed by atoms with E-state index in [1.54, 1.807) is 48.8 Å². The van der Waals surface area contributed by atoms with E-state index in [4.69, 9.17) is 5.11 Å². The Morgan fingerprint density at radius 2 is 1.88 bits per heavy atom. The first-order chi connectivity index (χ1) is 7.81. The predicted molar refractivity (Wildman–Crippen MR) is 60.0 cm³/mol. The average Bonchev–Trinajstić information content (AvgIpc) is 2.39. The molecule has 2 rings (SSSR count). The van der Waals surface area contributed by atoms with E-state index in [0.29, 0.717) is 11.1 Å². The highest BCUT2D eigenvalue weighted by Gasteiger charge is 2.08. The summed E-state index contributed by atoms with van der Waals surface area (Å²) in [6, 6.07) is 10.4. The van der Waals surface area contributed by atoms with Gasteiger partial charge in [0, 0.05) is 23.5 Å². The zero-order valence-electron chi connectivity index (χ0n) is 8.63. The molecule has 0 fully saturated rings. The Morgan fingerprint density at radius 1 is 1.12 bits per heavy atom. The highest BCUT2D eigenvalue weighted by Crippen LogP contribution is 2.10. The number of pyridine rings is 1. The molecule has 3 nitrogen and oxygen atoms in total. The summed E-state index contributed by atoms with van der Waals surface area (Å²) in [4.78, 5) is 15.8. The number of aliphatic hydroxyl groups is 1. The lowest BCUT2D eigenvalue weighted by molar-refractivity contribution is 0.103. The van der Waals surface area contributed by atoms with Gasteiger partial charge in [0.2, 0.25) is 0 Å². The van der Waals surface area contributed by atoms with E-state index in [2.05, 4.69) is 4.98 Å². The maximum atomic E-state index is 11.9. The summed E-state index contributed by atoms with van der Waals surface area (Å²) in [5, 5.41) is 8.89.